The Kier molecular flexibility index (Phi) is 3.42. The molecule has 0 aromatic carbocycles. The number of nitrogens with zero attached hydrogens (tertiary/aromatic N) is 2. The number of sulfone groups is 1. The zero-order chi connectivity index (χ0) is 12.6. The van der Waals surface area contributed by atoms with Crippen molar-refractivity contribution in [1.82, 2.24) is 9.80 Å². The molecule has 6 nitrogen and oxygen atoms in total. The van der Waals surface area contributed by atoms with Crippen LogP contribution in [0.4, 0.5) is 0 Å². The molecule has 0 bridgehead atoms. The van der Waals surface area contributed by atoms with E-state index in [1.54, 1.807) is 11.9 Å². The summed E-state index contributed by atoms with van der Waals surface area (Å²) in [6.45, 7) is 1.75. The van der Waals surface area contributed by atoms with E-state index in [9.17, 15) is 13.2 Å². The van der Waals surface area contributed by atoms with Crippen molar-refractivity contribution in [2.24, 2.45) is 5.73 Å². The highest BCUT2D eigenvalue weighted by Gasteiger charge is 2.40. The Balaban J connectivity index is 2.10. The second-order valence-corrected chi connectivity index (χ2v) is 7.10. The van der Waals surface area contributed by atoms with Gasteiger partial charge in [0.1, 0.15) is 0 Å². The SMILES string of the molecule is CN1CCCN(C2CS(=O)(=O)CC2N)CC1=O. The van der Waals surface area contributed by atoms with Crippen LogP contribution in [0.3, 0.4) is 0 Å². The van der Waals surface area contributed by atoms with Gasteiger partial charge in [-0.2, -0.15) is 0 Å². The molecule has 2 aliphatic heterocycles. The van der Waals surface area contributed by atoms with E-state index in [2.05, 4.69) is 0 Å². The van der Waals surface area contributed by atoms with Crippen molar-refractivity contribution in [3.05, 3.63) is 0 Å². The molecule has 1 amide bonds. The fourth-order valence-corrected chi connectivity index (χ4v) is 4.45. The molecule has 0 saturated carbocycles. The highest BCUT2D eigenvalue weighted by molar-refractivity contribution is 7.91. The lowest BCUT2D eigenvalue weighted by molar-refractivity contribution is -0.130. The Morgan fingerprint density at radius 1 is 1.29 bits per heavy atom. The molecule has 2 rings (SSSR count). The molecular formula is C10H19N3O3S. The molecule has 2 unspecified atom stereocenters. The van der Waals surface area contributed by atoms with Gasteiger partial charge in [0.15, 0.2) is 9.84 Å². The molecule has 2 heterocycles. The Labute approximate surface area is 102 Å². The van der Waals surface area contributed by atoms with Gasteiger partial charge in [-0.1, -0.05) is 0 Å². The number of carbonyl (C=O) groups excluding carboxylic acids is 1. The first-order valence-corrected chi connectivity index (χ1v) is 7.65. The first kappa shape index (κ1) is 12.8. The van der Waals surface area contributed by atoms with Gasteiger partial charge in [-0.3, -0.25) is 9.69 Å². The lowest BCUT2D eigenvalue weighted by atomic mass is 10.1. The van der Waals surface area contributed by atoms with Gasteiger partial charge in [0.25, 0.3) is 0 Å². The number of likely N-dealkylation sites (N-methyl/N-ethyl adjacent to an activating group) is 1. The average molecular weight is 261 g/mol. The van der Waals surface area contributed by atoms with Crippen LogP contribution in [0, 0.1) is 0 Å². The van der Waals surface area contributed by atoms with Gasteiger partial charge in [0, 0.05) is 32.2 Å². The summed E-state index contributed by atoms with van der Waals surface area (Å²) < 4.78 is 23.0. The fourth-order valence-electron chi connectivity index (χ4n) is 2.52. The average Bonchev–Trinajstić information content (AvgIpc) is 2.38. The highest BCUT2D eigenvalue weighted by Crippen LogP contribution is 2.18. The molecule has 0 radical (unpaired) electrons. The number of amides is 1. The molecule has 0 aliphatic carbocycles. The summed E-state index contributed by atoms with van der Waals surface area (Å²) in [6.07, 6.45) is 0.867. The summed E-state index contributed by atoms with van der Waals surface area (Å²) in [7, 11) is -1.25. The topological polar surface area (TPSA) is 83.7 Å². The van der Waals surface area contributed by atoms with Crippen molar-refractivity contribution in [2.45, 2.75) is 18.5 Å². The molecule has 0 aromatic rings. The van der Waals surface area contributed by atoms with Gasteiger partial charge in [0.2, 0.25) is 5.91 Å². The largest absolute Gasteiger partial charge is 0.345 e. The molecule has 2 saturated heterocycles. The molecule has 17 heavy (non-hydrogen) atoms. The van der Waals surface area contributed by atoms with Crippen LogP contribution >= 0.6 is 0 Å². The number of nitrogens with two attached hydrogens (primary N) is 1. The maximum absolute atomic E-state index is 11.7. The van der Waals surface area contributed by atoms with Crippen molar-refractivity contribution >= 4 is 15.7 Å². The number of hydrogen-bond donors (Lipinski definition) is 1. The predicted octanol–water partition coefficient (Wildman–Crippen LogP) is -1.73. The first-order chi connectivity index (χ1) is 7.89. The molecule has 2 atom stereocenters. The Bertz CT molecular complexity index is 409. The number of hydrogen-bond acceptors (Lipinski definition) is 5. The third-order valence-corrected chi connectivity index (χ3v) is 5.28. The molecule has 0 spiro atoms. The third kappa shape index (κ3) is 2.78. The molecular weight excluding hydrogens is 242 g/mol. The minimum atomic E-state index is -3.03. The van der Waals surface area contributed by atoms with Crippen molar-refractivity contribution in [2.75, 3.05) is 38.2 Å². The molecule has 2 aliphatic rings. The quantitative estimate of drug-likeness (QED) is 0.607. The van der Waals surface area contributed by atoms with E-state index in [0.29, 0.717) is 0 Å². The molecule has 0 aromatic heterocycles. The summed E-state index contributed by atoms with van der Waals surface area (Å²) in [4.78, 5) is 15.4. The van der Waals surface area contributed by atoms with Crippen LogP contribution in [-0.2, 0) is 14.6 Å². The van der Waals surface area contributed by atoms with Gasteiger partial charge >= 0.3 is 0 Å². The summed E-state index contributed by atoms with van der Waals surface area (Å²) >= 11 is 0. The molecule has 2 N–H and O–H groups in total. The summed E-state index contributed by atoms with van der Waals surface area (Å²) in [6, 6.07) is -0.563. The van der Waals surface area contributed by atoms with E-state index >= 15 is 0 Å². The van der Waals surface area contributed by atoms with Crippen molar-refractivity contribution < 1.29 is 13.2 Å². The van der Waals surface area contributed by atoms with Crippen molar-refractivity contribution in [3.63, 3.8) is 0 Å². The summed E-state index contributed by atoms with van der Waals surface area (Å²) in [5, 5.41) is 0. The van der Waals surface area contributed by atoms with E-state index in [1.165, 1.54) is 0 Å². The van der Waals surface area contributed by atoms with E-state index in [4.69, 9.17) is 5.73 Å². The van der Waals surface area contributed by atoms with Crippen LogP contribution in [0.25, 0.3) is 0 Å². The van der Waals surface area contributed by atoms with Crippen LogP contribution in [0.15, 0.2) is 0 Å². The standard InChI is InChI=1S/C10H19N3O3S/c1-12-3-2-4-13(5-10(12)14)9-7-17(15,16)6-8(9)11/h8-9H,2-7,11H2,1H3. The Morgan fingerprint density at radius 2 is 2.00 bits per heavy atom. The van der Waals surface area contributed by atoms with Crippen LogP contribution in [0.1, 0.15) is 6.42 Å². The molecule has 2 fully saturated rings. The summed E-state index contributed by atoms with van der Waals surface area (Å²) in [5.41, 5.74) is 5.87. The Morgan fingerprint density at radius 3 is 2.59 bits per heavy atom. The van der Waals surface area contributed by atoms with Crippen molar-refractivity contribution in [3.8, 4) is 0 Å². The van der Waals surface area contributed by atoms with Crippen LogP contribution in [0.5, 0.6) is 0 Å². The van der Waals surface area contributed by atoms with E-state index < -0.39 is 9.84 Å². The normalized spacial score (nSPS) is 34.9. The zero-order valence-electron chi connectivity index (χ0n) is 10.0. The molecule has 98 valence electrons. The fraction of sp³-hybridized carbons (Fsp3) is 0.900. The van der Waals surface area contributed by atoms with Gasteiger partial charge in [-0.05, 0) is 6.42 Å². The molecule has 7 heteroatoms. The lowest BCUT2D eigenvalue weighted by Gasteiger charge is -2.28. The van der Waals surface area contributed by atoms with Gasteiger partial charge in [-0.25, -0.2) is 8.42 Å². The third-order valence-electron chi connectivity index (χ3n) is 3.54. The van der Waals surface area contributed by atoms with Gasteiger partial charge in [-0.15, -0.1) is 0 Å². The minimum absolute atomic E-state index is 0.0399. The van der Waals surface area contributed by atoms with Crippen molar-refractivity contribution in [1.29, 1.82) is 0 Å². The van der Waals surface area contributed by atoms with E-state index in [-0.39, 0.29) is 36.0 Å². The van der Waals surface area contributed by atoms with E-state index in [1.807, 2.05) is 4.90 Å². The first-order valence-electron chi connectivity index (χ1n) is 5.83. The van der Waals surface area contributed by atoms with Crippen LogP contribution in [-0.4, -0.2) is 74.4 Å². The number of rotatable bonds is 1. The summed E-state index contributed by atoms with van der Waals surface area (Å²) in [5.74, 6) is 0.169. The second kappa shape index (κ2) is 4.55. The predicted molar refractivity (Wildman–Crippen MR) is 64.2 cm³/mol. The minimum Gasteiger partial charge on any atom is -0.345 e. The van der Waals surface area contributed by atoms with Gasteiger partial charge in [0.05, 0.1) is 18.1 Å². The lowest BCUT2D eigenvalue weighted by Crippen LogP contribution is -2.49. The highest BCUT2D eigenvalue weighted by atomic mass is 32.2. The van der Waals surface area contributed by atoms with E-state index in [0.717, 1.165) is 19.5 Å². The van der Waals surface area contributed by atoms with Crippen LogP contribution < -0.4 is 5.73 Å². The monoisotopic (exact) mass is 261 g/mol. The maximum Gasteiger partial charge on any atom is 0.236 e. The maximum atomic E-state index is 11.7. The van der Waals surface area contributed by atoms with Gasteiger partial charge < -0.3 is 10.6 Å². The number of carbonyl (C=O) groups is 1. The smallest absolute Gasteiger partial charge is 0.236 e. The Hall–Kier alpha value is -0.660. The van der Waals surface area contributed by atoms with Crippen LogP contribution in [0.2, 0.25) is 0 Å². The zero-order valence-corrected chi connectivity index (χ0v) is 10.8. The second-order valence-electron chi connectivity index (χ2n) is 4.95.